The monoisotopic (exact) mass is 595 g/mol. The Labute approximate surface area is 225 Å². The topological polar surface area (TPSA) is 151 Å². The molecule has 2 aromatic carbocycles. The Kier molecular flexibility index (Phi) is 10.8. The molecule has 0 saturated heterocycles. The van der Waals surface area contributed by atoms with E-state index in [-0.39, 0.29) is 11.8 Å². The van der Waals surface area contributed by atoms with Crippen molar-refractivity contribution in [3.8, 4) is 5.75 Å². The Morgan fingerprint density at radius 1 is 0.902 bits per heavy atom. The van der Waals surface area contributed by atoms with Gasteiger partial charge in [-0.05, 0) is 37.6 Å². The van der Waals surface area contributed by atoms with Gasteiger partial charge in [-0.15, -0.1) is 0 Å². The molecule has 10 nitrogen and oxygen atoms in total. The van der Waals surface area contributed by atoms with Gasteiger partial charge in [-0.1, -0.05) is 0 Å². The van der Waals surface area contributed by atoms with Crippen molar-refractivity contribution < 1.29 is 64.5 Å². The van der Waals surface area contributed by atoms with Gasteiger partial charge in [-0.2, -0.15) is 22.0 Å². The first kappa shape index (κ1) is 32.5. The molecule has 0 aliphatic rings. The predicted molar refractivity (Wildman–Crippen MR) is 123 cm³/mol. The number of rotatable bonds is 11. The highest BCUT2D eigenvalue weighted by atomic mass is 19.4. The number of hydrogen-bond acceptors (Lipinski definition) is 6. The zero-order valence-corrected chi connectivity index (χ0v) is 20.7. The number of carboxylic acid groups (broad SMARTS) is 1. The van der Waals surface area contributed by atoms with Gasteiger partial charge in [0, 0.05) is 18.2 Å². The number of ketones is 1. The molecule has 0 bridgehead atoms. The Morgan fingerprint density at radius 2 is 1.46 bits per heavy atom. The van der Waals surface area contributed by atoms with Crippen LogP contribution in [0.1, 0.15) is 25.3 Å². The van der Waals surface area contributed by atoms with Crippen LogP contribution in [0.15, 0.2) is 30.3 Å². The molecule has 0 aromatic heterocycles. The van der Waals surface area contributed by atoms with Crippen LogP contribution >= 0.6 is 0 Å². The average Bonchev–Trinajstić information content (AvgIpc) is 2.89. The van der Waals surface area contributed by atoms with Crippen molar-refractivity contribution >= 4 is 35.2 Å². The summed E-state index contributed by atoms with van der Waals surface area (Å²) >= 11 is 0. The fourth-order valence-corrected chi connectivity index (χ4v) is 3.06. The van der Waals surface area contributed by atoms with Crippen molar-refractivity contribution in [1.29, 1.82) is 0 Å². The summed E-state index contributed by atoms with van der Waals surface area (Å²) in [5, 5.41) is 14.9. The zero-order valence-electron chi connectivity index (χ0n) is 20.7. The zero-order chi connectivity index (χ0) is 31.1. The van der Waals surface area contributed by atoms with Gasteiger partial charge >= 0.3 is 24.0 Å². The molecule has 2 unspecified atom stereocenters. The van der Waals surface area contributed by atoms with Crippen LogP contribution in [-0.4, -0.2) is 53.3 Å². The number of benzene rings is 2. The van der Waals surface area contributed by atoms with E-state index in [0.29, 0.717) is 12.1 Å². The van der Waals surface area contributed by atoms with Gasteiger partial charge in [0.2, 0.25) is 17.5 Å². The molecule has 0 aliphatic heterocycles. The molecule has 4 N–H and O–H groups in total. The summed E-state index contributed by atoms with van der Waals surface area (Å²) in [5.74, 6) is -15.6. The lowest BCUT2D eigenvalue weighted by molar-refractivity contribution is -0.139. The van der Waals surface area contributed by atoms with E-state index >= 15 is 0 Å². The molecule has 0 spiro atoms. The molecule has 0 saturated carbocycles. The molecule has 17 heteroatoms. The number of carbonyl (C=O) groups is 5. The van der Waals surface area contributed by atoms with Crippen molar-refractivity contribution in [3.05, 3.63) is 59.2 Å². The number of amides is 3. The summed E-state index contributed by atoms with van der Waals surface area (Å²) in [6, 6.07) is -0.293. The van der Waals surface area contributed by atoms with Crippen LogP contribution in [0.5, 0.6) is 5.75 Å². The summed E-state index contributed by atoms with van der Waals surface area (Å²) in [7, 11) is 0. The summed E-state index contributed by atoms with van der Waals surface area (Å²) in [5.41, 5.74) is -1.19. The number of carbonyl (C=O) groups excluding carboxylic acids is 4. The molecule has 3 amide bonds. The molecular formula is C24H20F7N3O7. The highest BCUT2D eigenvalue weighted by Crippen LogP contribution is 2.30. The molecule has 41 heavy (non-hydrogen) atoms. The number of carboxylic acids is 1. The highest BCUT2D eigenvalue weighted by molar-refractivity contribution is 6.40. The van der Waals surface area contributed by atoms with E-state index in [1.807, 2.05) is 10.6 Å². The Hall–Kier alpha value is -4.70. The van der Waals surface area contributed by atoms with E-state index in [1.54, 1.807) is 0 Å². The molecule has 222 valence electrons. The van der Waals surface area contributed by atoms with Gasteiger partial charge in [-0.25, -0.2) is 8.78 Å². The lowest BCUT2D eigenvalue weighted by atomic mass is 10.1. The second-order valence-electron chi connectivity index (χ2n) is 8.27. The Balaban J connectivity index is 2.02. The van der Waals surface area contributed by atoms with E-state index in [0.717, 1.165) is 19.1 Å². The minimum absolute atomic E-state index is 0.102. The molecule has 0 radical (unpaired) electrons. The second kappa shape index (κ2) is 13.6. The molecule has 2 rings (SSSR count). The first-order valence-electron chi connectivity index (χ1n) is 11.3. The van der Waals surface area contributed by atoms with Crippen LogP contribution in [-0.2, 0) is 30.1 Å². The molecule has 2 aromatic rings. The lowest BCUT2D eigenvalue weighted by Crippen LogP contribution is -2.52. The van der Waals surface area contributed by atoms with E-state index in [2.05, 4.69) is 10.1 Å². The number of Topliss-reactive ketones (excluding diaryl/α,β-unsaturated/α-hetero) is 1. The van der Waals surface area contributed by atoms with Crippen LogP contribution < -0.4 is 20.7 Å². The number of nitrogens with one attached hydrogen (secondary N) is 3. The van der Waals surface area contributed by atoms with Crippen molar-refractivity contribution in [2.45, 2.75) is 38.0 Å². The number of ether oxygens (including phenoxy) is 1. The lowest BCUT2D eigenvalue weighted by Gasteiger charge is -2.20. The number of halogens is 7. The van der Waals surface area contributed by atoms with E-state index < -0.39 is 102 Å². The third-order valence-corrected chi connectivity index (χ3v) is 5.20. The average molecular weight is 595 g/mol. The number of hydrogen-bond donors (Lipinski definition) is 4. The van der Waals surface area contributed by atoms with Crippen LogP contribution in [0.4, 0.5) is 36.4 Å². The number of aliphatic carboxylic acids is 1. The quantitative estimate of drug-likeness (QED) is 0.177. The van der Waals surface area contributed by atoms with Crippen molar-refractivity contribution in [1.82, 2.24) is 10.6 Å². The van der Waals surface area contributed by atoms with Crippen molar-refractivity contribution in [3.63, 3.8) is 0 Å². The normalized spacial score (nSPS) is 12.6. The molecule has 0 fully saturated rings. The molecule has 0 heterocycles. The standard InChI is InChI=1S/C24H20F7N3O7/c1-10(32-22(39)23(40)33-12-4-2-11(3-5-12)24(29,30)31)21(38)34-15(6-7-17(36)37)16(35)9-41-20-18(27)13(25)8-14(26)19(20)28/h2-5,8,10,15H,6-7,9H2,1H3,(H,32,39)(H,33,40)(H,34,38)(H,36,37). The summed E-state index contributed by atoms with van der Waals surface area (Å²) in [6.45, 7) is -0.217. The van der Waals surface area contributed by atoms with Crippen molar-refractivity contribution in [2.24, 2.45) is 0 Å². The summed E-state index contributed by atoms with van der Waals surface area (Å²) < 4.78 is 96.7. The van der Waals surface area contributed by atoms with Crippen LogP contribution in [0.2, 0.25) is 0 Å². The maximum atomic E-state index is 13.8. The molecular weight excluding hydrogens is 575 g/mol. The minimum Gasteiger partial charge on any atom is -0.481 e. The number of anilines is 1. The van der Waals surface area contributed by atoms with Gasteiger partial charge in [0.25, 0.3) is 0 Å². The first-order chi connectivity index (χ1) is 19.0. The Morgan fingerprint density at radius 3 is 1.98 bits per heavy atom. The SMILES string of the molecule is CC(NC(=O)C(=O)Nc1ccc(C(F)(F)F)cc1)C(=O)NC(CCC(=O)O)C(=O)COc1c(F)c(F)cc(F)c1F. The van der Waals surface area contributed by atoms with E-state index in [1.165, 1.54) is 0 Å². The Bertz CT molecular complexity index is 1310. The van der Waals surface area contributed by atoms with Gasteiger partial charge in [0.1, 0.15) is 12.6 Å². The third-order valence-electron chi connectivity index (χ3n) is 5.20. The van der Waals surface area contributed by atoms with Crippen molar-refractivity contribution in [2.75, 3.05) is 11.9 Å². The van der Waals surface area contributed by atoms with Crippen LogP contribution in [0.3, 0.4) is 0 Å². The maximum absolute atomic E-state index is 13.8. The van der Waals surface area contributed by atoms with Gasteiger partial charge < -0.3 is 25.8 Å². The third kappa shape index (κ3) is 9.18. The van der Waals surface area contributed by atoms with E-state index in [4.69, 9.17) is 5.11 Å². The predicted octanol–water partition coefficient (Wildman–Crippen LogP) is 2.70. The first-order valence-corrected chi connectivity index (χ1v) is 11.3. The fraction of sp³-hybridized carbons (Fsp3) is 0.292. The summed E-state index contributed by atoms with van der Waals surface area (Å²) in [4.78, 5) is 60.1. The van der Waals surface area contributed by atoms with Gasteiger partial charge in [-0.3, -0.25) is 24.0 Å². The molecule has 0 aliphatic carbocycles. The van der Waals surface area contributed by atoms with Crippen LogP contribution in [0.25, 0.3) is 0 Å². The minimum atomic E-state index is -4.64. The second-order valence-corrected chi connectivity index (χ2v) is 8.27. The maximum Gasteiger partial charge on any atom is 0.416 e. The number of alkyl halides is 3. The highest BCUT2D eigenvalue weighted by Gasteiger charge is 2.31. The summed E-state index contributed by atoms with van der Waals surface area (Å²) in [6.07, 6.45) is -5.92. The smallest absolute Gasteiger partial charge is 0.416 e. The molecule has 2 atom stereocenters. The van der Waals surface area contributed by atoms with Crippen LogP contribution in [0, 0.1) is 23.3 Å². The fourth-order valence-electron chi connectivity index (χ4n) is 3.06. The van der Waals surface area contributed by atoms with Gasteiger partial charge in [0.15, 0.2) is 23.2 Å². The van der Waals surface area contributed by atoms with E-state index in [9.17, 15) is 54.7 Å². The largest absolute Gasteiger partial charge is 0.481 e. The van der Waals surface area contributed by atoms with Gasteiger partial charge in [0.05, 0.1) is 11.6 Å².